The molecule has 2 N–H and O–H groups in total. The molecule has 0 aromatic heterocycles. The van der Waals surface area contributed by atoms with Gasteiger partial charge in [0.25, 0.3) is 5.91 Å². The van der Waals surface area contributed by atoms with Crippen molar-refractivity contribution in [3.63, 3.8) is 0 Å². The molecule has 1 rings (SSSR count). The molecular formula is C17H23FN2O. The molecule has 0 aliphatic heterocycles. The highest BCUT2D eigenvalue weighted by atomic mass is 19.1. The minimum absolute atomic E-state index is 0.279. The van der Waals surface area contributed by atoms with E-state index in [4.69, 9.17) is 6.42 Å². The third-order valence-corrected chi connectivity index (χ3v) is 3.49. The molecule has 0 heterocycles. The molecule has 0 bridgehead atoms. The Labute approximate surface area is 126 Å². The van der Waals surface area contributed by atoms with E-state index in [9.17, 15) is 9.18 Å². The molecule has 114 valence electrons. The van der Waals surface area contributed by atoms with E-state index in [0.717, 1.165) is 19.4 Å². The first-order valence-electron chi connectivity index (χ1n) is 7.29. The zero-order valence-corrected chi connectivity index (χ0v) is 12.9. The molecule has 1 aromatic carbocycles. The summed E-state index contributed by atoms with van der Waals surface area (Å²) in [6.07, 6.45) is 8.08. The normalized spacial score (nSPS) is 13.1. The fourth-order valence-electron chi connectivity index (χ4n) is 1.80. The van der Waals surface area contributed by atoms with Crippen molar-refractivity contribution in [1.29, 1.82) is 0 Å². The maximum Gasteiger partial charge on any atom is 0.254 e. The van der Waals surface area contributed by atoms with Gasteiger partial charge in [-0.2, -0.15) is 0 Å². The Morgan fingerprint density at radius 3 is 2.71 bits per heavy atom. The lowest BCUT2D eigenvalue weighted by Crippen LogP contribution is -2.44. The Morgan fingerprint density at radius 2 is 2.14 bits per heavy atom. The average molecular weight is 290 g/mol. The van der Waals surface area contributed by atoms with Gasteiger partial charge in [-0.05, 0) is 38.0 Å². The molecule has 3 nitrogen and oxygen atoms in total. The molecule has 0 saturated heterocycles. The highest BCUT2D eigenvalue weighted by Crippen LogP contribution is 2.19. The van der Waals surface area contributed by atoms with Crippen LogP contribution in [0, 0.1) is 18.2 Å². The fraction of sp³-hybridized carbons (Fsp3) is 0.471. The molecule has 1 aromatic rings. The molecule has 21 heavy (non-hydrogen) atoms. The molecule has 1 atom stereocenters. The Hall–Kier alpha value is -2.02. The van der Waals surface area contributed by atoms with E-state index in [1.165, 1.54) is 12.1 Å². The van der Waals surface area contributed by atoms with Crippen LogP contribution in [0.5, 0.6) is 0 Å². The van der Waals surface area contributed by atoms with Crippen LogP contribution in [-0.2, 0) is 0 Å². The van der Waals surface area contributed by atoms with Crippen LogP contribution in [0.25, 0.3) is 0 Å². The van der Waals surface area contributed by atoms with Gasteiger partial charge < -0.3 is 10.6 Å². The smallest absolute Gasteiger partial charge is 0.254 e. The quantitative estimate of drug-likeness (QED) is 0.595. The lowest BCUT2D eigenvalue weighted by molar-refractivity contribution is 0.0924. The Balaban J connectivity index is 2.96. The number of rotatable bonds is 7. The lowest BCUT2D eigenvalue weighted by Gasteiger charge is -2.24. The summed E-state index contributed by atoms with van der Waals surface area (Å²) in [5.41, 5.74) is 0.170. The van der Waals surface area contributed by atoms with Gasteiger partial charge in [0.1, 0.15) is 5.82 Å². The number of carbonyl (C=O) groups is 1. The van der Waals surface area contributed by atoms with Crippen molar-refractivity contribution in [2.45, 2.75) is 45.6 Å². The van der Waals surface area contributed by atoms with Gasteiger partial charge in [0.2, 0.25) is 0 Å². The summed E-state index contributed by atoms with van der Waals surface area (Å²) in [6, 6.07) is 4.15. The largest absolute Gasteiger partial charge is 0.384 e. The third-order valence-electron chi connectivity index (χ3n) is 3.49. The van der Waals surface area contributed by atoms with E-state index in [-0.39, 0.29) is 11.5 Å². The number of anilines is 1. The first-order chi connectivity index (χ1) is 9.95. The highest BCUT2D eigenvalue weighted by molar-refractivity contribution is 6.00. The number of nitrogens with one attached hydrogen (secondary N) is 2. The Morgan fingerprint density at radius 1 is 1.43 bits per heavy atom. The van der Waals surface area contributed by atoms with E-state index in [1.807, 2.05) is 6.92 Å². The second-order valence-electron chi connectivity index (χ2n) is 5.25. The van der Waals surface area contributed by atoms with Crippen molar-refractivity contribution >= 4 is 11.6 Å². The average Bonchev–Trinajstić information content (AvgIpc) is 2.48. The first kappa shape index (κ1) is 17.0. The van der Waals surface area contributed by atoms with E-state index in [2.05, 4.69) is 23.5 Å². The van der Waals surface area contributed by atoms with Crippen molar-refractivity contribution in [1.82, 2.24) is 5.32 Å². The van der Waals surface area contributed by atoms with Crippen LogP contribution in [0.3, 0.4) is 0 Å². The van der Waals surface area contributed by atoms with Crippen LogP contribution in [-0.4, -0.2) is 18.0 Å². The van der Waals surface area contributed by atoms with Crippen molar-refractivity contribution in [2.24, 2.45) is 0 Å². The monoisotopic (exact) mass is 290 g/mol. The van der Waals surface area contributed by atoms with Crippen LogP contribution in [0.15, 0.2) is 18.2 Å². The molecular weight excluding hydrogens is 267 g/mol. The van der Waals surface area contributed by atoms with E-state index >= 15 is 0 Å². The van der Waals surface area contributed by atoms with E-state index in [0.29, 0.717) is 12.1 Å². The van der Waals surface area contributed by atoms with Crippen LogP contribution < -0.4 is 10.6 Å². The third kappa shape index (κ3) is 4.78. The van der Waals surface area contributed by atoms with Crippen molar-refractivity contribution in [3.05, 3.63) is 29.6 Å². The van der Waals surface area contributed by atoms with Gasteiger partial charge in [0.15, 0.2) is 0 Å². The number of hydrogen-bond donors (Lipinski definition) is 2. The van der Waals surface area contributed by atoms with Gasteiger partial charge in [-0.15, -0.1) is 6.42 Å². The van der Waals surface area contributed by atoms with Gasteiger partial charge in [0.05, 0.1) is 11.1 Å². The minimum atomic E-state index is -0.732. The predicted octanol–water partition coefficient (Wildman–Crippen LogP) is 3.57. The topological polar surface area (TPSA) is 41.1 Å². The van der Waals surface area contributed by atoms with Crippen molar-refractivity contribution < 1.29 is 9.18 Å². The number of amides is 1. The van der Waals surface area contributed by atoms with Gasteiger partial charge in [-0.1, -0.05) is 26.2 Å². The van der Waals surface area contributed by atoms with Crippen LogP contribution in [0.1, 0.15) is 50.4 Å². The van der Waals surface area contributed by atoms with E-state index < -0.39 is 11.4 Å². The van der Waals surface area contributed by atoms with Crippen LogP contribution >= 0.6 is 0 Å². The number of terminal acetylenes is 1. The molecule has 1 amide bonds. The summed E-state index contributed by atoms with van der Waals surface area (Å²) in [4.78, 5) is 12.4. The Kier molecular flexibility index (Phi) is 6.23. The molecule has 0 radical (unpaired) electrons. The number of carbonyl (C=O) groups excluding carboxylic acids is 1. The molecule has 0 aliphatic carbocycles. The minimum Gasteiger partial charge on any atom is -0.384 e. The zero-order valence-electron chi connectivity index (χ0n) is 12.9. The maximum atomic E-state index is 13.4. The molecule has 0 saturated carbocycles. The van der Waals surface area contributed by atoms with Crippen molar-refractivity contribution in [2.75, 3.05) is 11.9 Å². The number of benzene rings is 1. The molecule has 4 heteroatoms. The number of unbranched alkanes of at least 4 members (excludes halogenated alkanes) is 1. The number of hydrogen-bond acceptors (Lipinski definition) is 2. The van der Waals surface area contributed by atoms with E-state index in [1.54, 1.807) is 13.0 Å². The van der Waals surface area contributed by atoms with Crippen LogP contribution in [0.2, 0.25) is 0 Å². The first-order valence-corrected chi connectivity index (χ1v) is 7.29. The summed E-state index contributed by atoms with van der Waals surface area (Å²) >= 11 is 0. The Bertz CT molecular complexity index is 536. The number of halogens is 1. The summed E-state index contributed by atoms with van der Waals surface area (Å²) in [5.74, 6) is 1.76. The summed E-state index contributed by atoms with van der Waals surface area (Å²) < 4.78 is 13.4. The fourth-order valence-corrected chi connectivity index (χ4v) is 1.80. The highest BCUT2D eigenvalue weighted by Gasteiger charge is 2.23. The lowest BCUT2D eigenvalue weighted by atomic mass is 9.99. The van der Waals surface area contributed by atoms with Crippen LogP contribution in [0.4, 0.5) is 10.1 Å². The van der Waals surface area contributed by atoms with Gasteiger partial charge in [0, 0.05) is 12.2 Å². The molecule has 0 fully saturated rings. The SMILES string of the molecule is C#CC(C)(CC)NC(=O)c1cc(F)ccc1NCCCC. The molecule has 0 aliphatic rings. The second-order valence-corrected chi connectivity index (χ2v) is 5.25. The zero-order chi connectivity index (χ0) is 15.9. The molecule has 1 unspecified atom stereocenters. The second kappa shape index (κ2) is 7.68. The predicted molar refractivity (Wildman–Crippen MR) is 84.8 cm³/mol. The van der Waals surface area contributed by atoms with Gasteiger partial charge >= 0.3 is 0 Å². The summed E-state index contributed by atoms with van der Waals surface area (Å²) in [6.45, 7) is 6.49. The summed E-state index contributed by atoms with van der Waals surface area (Å²) in [5, 5.41) is 5.95. The summed E-state index contributed by atoms with van der Waals surface area (Å²) in [7, 11) is 0. The maximum absolute atomic E-state index is 13.4. The van der Waals surface area contributed by atoms with Gasteiger partial charge in [-0.25, -0.2) is 4.39 Å². The standard InChI is InChI=1S/C17H23FN2O/c1-5-8-11-19-15-10-9-13(18)12-14(15)16(21)20-17(4,6-2)7-3/h2,9-10,12,19H,5,7-8,11H2,1,3-4H3,(H,20,21). The van der Waals surface area contributed by atoms with Gasteiger partial charge in [-0.3, -0.25) is 4.79 Å². The van der Waals surface area contributed by atoms with Crippen molar-refractivity contribution in [3.8, 4) is 12.3 Å². The molecule has 0 spiro atoms.